The maximum atomic E-state index is 12.3. The lowest BCUT2D eigenvalue weighted by molar-refractivity contribution is -0.115. The molecule has 2 aromatic carbocycles. The van der Waals surface area contributed by atoms with Crippen LogP contribution >= 0.6 is 15.9 Å². The number of hydrogen-bond acceptors (Lipinski definition) is 6. The number of nitrogens with one attached hydrogen (secondary N) is 1. The van der Waals surface area contributed by atoms with Crippen LogP contribution in [0.5, 0.6) is 11.5 Å². The zero-order chi connectivity index (χ0) is 22.8. The molecule has 0 saturated heterocycles. The lowest BCUT2D eigenvalue weighted by Crippen LogP contribution is -2.31. The summed E-state index contributed by atoms with van der Waals surface area (Å²) in [7, 11) is 0. The van der Waals surface area contributed by atoms with Gasteiger partial charge in [0.2, 0.25) is 11.9 Å². The number of carbonyl (C=O) groups excluding carboxylic acids is 1. The number of nitrogens with two attached hydrogens (primary N) is 1. The number of carbonyl (C=O) groups is 1. The van der Waals surface area contributed by atoms with Crippen molar-refractivity contribution in [1.29, 1.82) is 0 Å². The van der Waals surface area contributed by atoms with E-state index in [-0.39, 0.29) is 0 Å². The zero-order valence-corrected chi connectivity index (χ0v) is 19.6. The van der Waals surface area contributed by atoms with Crippen molar-refractivity contribution in [1.82, 2.24) is 14.8 Å². The first kappa shape index (κ1) is 21.9. The SMILES string of the molecule is CCOc1cc(C2C(C(N)=O)=C(C)Nc3ncnn32)cc(Br)c1OCc1cccc(C)c1. The fourth-order valence-corrected chi connectivity index (χ4v) is 4.40. The number of aryl methyl sites for hydroxylation is 1. The molecule has 0 fully saturated rings. The van der Waals surface area contributed by atoms with E-state index in [1.54, 1.807) is 11.6 Å². The molecule has 8 nitrogen and oxygen atoms in total. The van der Waals surface area contributed by atoms with Crippen LogP contribution in [0, 0.1) is 6.92 Å². The number of hydrogen-bond donors (Lipinski definition) is 2. The number of primary amides is 1. The number of fused-ring (bicyclic) bond motifs is 1. The molecule has 166 valence electrons. The van der Waals surface area contributed by atoms with Crippen molar-refractivity contribution in [2.24, 2.45) is 5.73 Å². The van der Waals surface area contributed by atoms with E-state index in [0.29, 0.717) is 46.4 Å². The van der Waals surface area contributed by atoms with Crippen molar-refractivity contribution in [3.8, 4) is 11.5 Å². The lowest BCUT2D eigenvalue weighted by Gasteiger charge is -2.28. The van der Waals surface area contributed by atoms with E-state index in [0.717, 1.165) is 11.1 Å². The smallest absolute Gasteiger partial charge is 0.248 e. The molecular formula is C23H24BrN5O3. The largest absolute Gasteiger partial charge is 0.490 e. The van der Waals surface area contributed by atoms with E-state index < -0.39 is 11.9 Å². The van der Waals surface area contributed by atoms with Crippen molar-refractivity contribution in [2.45, 2.75) is 33.4 Å². The first-order valence-electron chi connectivity index (χ1n) is 10.2. The Bertz CT molecular complexity index is 1200. The Hall–Kier alpha value is -3.33. The standard InChI is InChI=1S/C23H24BrN5O3/c1-4-31-18-10-16(9-17(24)21(18)32-11-15-7-5-6-13(2)8-15)20-19(22(25)30)14(3)28-23-26-12-27-29(20)23/h5-10,12,20H,4,11H2,1-3H3,(H2,25,30)(H,26,27,28). The number of anilines is 1. The average Bonchev–Trinajstić information content (AvgIpc) is 3.20. The highest BCUT2D eigenvalue weighted by Crippen LogP contribution is 2.42. The number of allylic oxidation sites excluding steroid dienone is 1. The molecule has 1 aliphatic rings. The summed E-state index contributed by atoms with van der Waals surface area (Å²) in [6.07, 6.45) is 1.43. The van der Waals surface area contributed by atoms with Crippen molar-refractivity contribution in [3.63, 3.8) is 0 Å². The van der Waals surface area contributed by atoms with Gasteiger partial charge in [0, 0.05) is 5.70 Å². The summed E-state index contributed by atoms with van der Waals surface area (Å²) >= 11 is 3.63. The summed E-state index contributed by atoms with van der Waals surface area (Å²) in [5.41, 5.74) is 9.77. The van der Waals surface area contributed by atoms with Gasteiger partial charge in [-0.2, -0.15) is 10.1 Å². The van der Waals surface area contributed by atoms with Crippen LogP contribution in [-0.2, 0) is 11.4 Å². The molecule has 3 N–H and O–H groups in total. The van der Waals surface area contributed by atoms with Gasteiger partial charge >= 0.3 is 0 Å². The molecule has 4 rings (SSSR count). The van der Waals surface area contributed by atoms with E-state index in [1.165, 1.54) is 11.9 Å². The van der Waals surface area contributed by atoms with Crippen LogP contribution in [0.15, 0.2) is 58.5 Å². The first-order valence-corrected chi connectivity index (χ1v) is 11.0. The summed E-state index contributed by atoms with van der Waals surface area (Å²) in [4.78, 5) is 16.6. The molecule has 1 unspecified atom stereocenters. The van der Waals surface area contributed by atoms with E-state index in [9.17, 15) is 4.79 Å². The molecule has 0 bridgehead atoms. The van der Waals surface area contributed by atoms with Crippen LogP contribution in [-0.4, -0.2) is 27.3 Å². The van der Waals surface area contributed by atoms with Gasteiger partial charge in [0.15, 0.2) is 11.5 Å². The molecule has 0 saturated carbocycles. The van der Waals surface area contributed by atoms with Gasteiger partial charge < -0.3 is 20.5 Å². The summed E-state index contributed by atoms with van der Waals surface area (Å²) in [6, 6.07) is 11.3. The van der Waals surface area contributed by atoms with Gasteiger partial charge in [-0.25, -0.2) is 4.68 Å². The monoisotopic (exact) mass is 497 g/mol. The molecule has 9 heteroatoms. The normalized spacial score (nSPS) is 15.2. The third kappa shape index (κ3) is 4.20. The highest BCUT2D eigenvalue weighted by atomic mass is 79.9. The topological polar surface area (TPSA) is 104 Å². The molecule has 0 radical (unpaired) electrons. The van der Waals surface area contributed by atoms with Crippen molar-refractivity contribution in [3.05, 3.63) is 75.2 Å². The van der Waals surface area contributed by atoms with Crippen molar-refractivity contribution < 1.29 is 14.3 Å². The number of amides is 1. The minimum Gasteiger partial charge on any atom is -0.490 e. The fraction of sp³-hybridized carbons (Fsp3) is 0.261. The molecule has 0 spiro atoms. The Balaban J connectivity index is 1.75. The molecule has 1 atom stereocenters. The molecule has 2 heterocycles. The average molecular weight is 498 g/mol. The number of ether oxygens (including phenoxy) is 2. The highest BCUT2D eigenvalue weighted by Gasteiger charge is 2.33. The number of halogens is 1. The quantitative estimate of drug-likeness (QED) is 0.509. The predicted octanol–water partition coefficient (Wildman–Crippen LogP) is 4.10. The van der Waals surface area contributed by atoms with Gasteiger partial charge in [0.25, 0.3) is 0 Å². The maximum absolute atomic E-state index is 12.3. The third-order valence-electron chi connectivity index (χ3n) is 5.17. The highest BCUT2D eigenvalue weighted by molar-refractivity contribution is 9.10. The molecule has 3 aromatic rings. The second-order valence-electron chi connectivity index (χ2n) is 7.50. The third-order valence-corrected chi connectivity index (χ3v) is 5.76. The van der Waals surface area contributed by atoms with Gasteiger partial charge in [-0.15, -0.1) is 0 Å². The van der Waals surface area contributed by atoms with E-state index in [2.05, 4.69) is 37.4 Å². The van der Waals surface area contributed by atoms with Crippen LogP contribution in [0.1, 0.15) is 36.6 Å². The molecule has 1 amide bonds. The Morgan fingerprint density at radius 3 is 2.78 bits per heavy atom. The summed E-state index contributed by atoms with van der Waals surface area (Å²) in [6.45, 7) is 6.59. The Morgan fingerprint density at radius 1 is 1.25 bits per heavy atom. The summed E-state index contributed by atoms with van der Waals surface area (Å²) in [5.74, 6) is 1.15. The minimum absolute atomic E-state index is 0.395. The van der Waals surface area contributed by atoms with Gasteiger partial charge in [-0.1, -0.05) is 29.8 Å². The zero-order valence-electron chi connectivity index (χ0n) is 18.1. The fourth-order valence-electron chi connectivity index (χ4n) is 3.82. The molecular weight excluding hydrogens is 474 g/mol. The van der Waals surface area contributed by atoms with Crippen molar-refractivity contribution >= 4 is 27.8 Å². The van der Waals surface area contributed by atoms with Gasteiger partial charge in [-0.3, -0.25) is 4.79 Å². The van der Waals surface area contributed by atoms with E-state index >= 15 is 0 Å². The van der Waals surface area contributed by atoms with Crippen LogP contribution in [0.2, 0.25) is 0 Å². The number of rotatable bonds is 7. The second kappa shape index (κ2) is 9.04. The molecule has 32 heavy (non-hydrogen) atoms. The van der Waals surface area contributed by atoms with Gasteiger partial charge in [0.1, 0.15) is 19.0 Å². The number of benzene rings is 2. The molecule has 1 aromatic heterocycles. The maximum Gasteiger partial charge on any atom is 0.248 e. The van der Waals surface area contributed by atoms with Crippen LogP contribution in [0.3, 0.4) is 0 Å². The Kier molecular flexibility index (Phi) is 6.18. The van der Waals surface area contributed by atoms with E-state index in [4.69, 9.17) is 15.2 Å². The van der Waals surface area contributed by atoms with Gasteiger partial charge in [0.05, 0.1) is 16.7 Å². The van der Waals surface area contributed by atoms with E-state index in [1.807, 2.05) is 44.2 Å². The number of nitrogens with zero attached hydrogens (tertiary/aromatic N) is 3. The molecule has 1 aliphatic heterocycles. The lowest BCUT2D eigenvalue weighted by atomic mass is 9.95. The first-order chi connectivity index (χ1) is 15.4. The predicted molar refractivity (Wildman–Crippen MR) is 125 cm³/mol. The number of aromatic nitrogens is 3. The van der Waals surface area contributed by atoms with Crippen LogP contribution in [0.4, 0.5) is 5.95 Å². The van der Waals surface area contributed by atoms with Crippen LogP contribution in [0.25, 0.3) is 0 Å². The van der Waals surface area contributed by atoms with Crippen molar-refractivity contribution in [2.75, 3.05) is 11.9 Å². The summed E-state index contributed by atoms with van der Waals surface area (Å²) < 4.78 is 14.4. The van der Waals surface area contributed by atoms with Crippen LogP contribution < -0.4 is 20.5 Å². The Labute approximate surface area is 194 Å². The minimum atomic E-state index is -0.549. The second-order valence-corrected chi connectivity index (χ2v) is 8.35. The summed E-state index contributed by atoms with van der Waals surface area (Å²) in [5, 5.41) is 7.39. The van der Waals surface area contributed by atoms with Gasteiger partial charge in [-0.05, 0) is 60.0 Å². The Morgan fingerprint density at radius 2 is 2.06 bits per heavy atom. The molecule has 0 aliphatic carbocycles.